The maximum atomic E-state index is 3.99. The van der Waals surface area contributed by atoms with E-state index in [1.807, 2.05) is 6.92 Å². The highest BCUT2D eigenvalue weighted by Crippen LogP contribution is 2.21. The monoisotopic (exact) mass is 227 g/mol. The van der Waals surface area contributed by atoms with E-state index in [1.165, 1.54) is 0 Å². The molecule has 0 amide bonds. The van der Waals surface area contributed by atoms with Gasteiger partial charge in [0.05, 0.1) is 11.9 Å². The Labute approximate surface area is 94.4 Å². The van der Waals surface area contributed by atoms with Crippen LogP contribution in [0.1, 0.15) is 20.8 Å². The average molecular weight is 227 g/mol. The minimum atomic E-state index is 0.481. The molecular formula is C9H17N5S. The van der Waals surface area contributed by atoms with E-state index in [-0.39, 0.29) is 0 Å². The average Bonchev–Trinajstić information content (AvgIpc) is 2.20. The van der Waals surface area contributed by atoms with Gasteiger partial charge in [0.2, 0.25) is 0 Å². The summed E-state index contributed by atoms with van der Waals surface area (Å²) in [6, 6.07) is 0.481. The van der Waals surface area contributed by atoms with Crippen LogP contribution in [0.15, 0.2) is 11.2 Å². The van der Waals surface area contributed by atoms with Crippen LogP contribution in [0, 0.1) is 0 Å². The summed E-state index contributed by atoms with van der Waals surface area (Å²) >= 11 is 1.63. The molecule has 0 aliphatic heterocycles. The predicted molar refractivity (Wildman–Crippen MR) is 63.0 cm³/mol. The molecule has 0 spiro atoms. The zero-order valence-electron chi connectivity index (χ0n) is 9.32. The molecule has 0 aromatic carbocycles. The molecule has 0 saturated heterocycles. The second-order valence-electron chi connectivity index (χ2n) is 3.33. The van der Waals surface area contributed by atoms with Crippen LogP contribution in [-0.4, -0.2) is 33.9 Å². The molecule has 6 heteroatoms. The summed E-state index contributed by atoms with van der Waals surface area (Å²) in [6.45, 7) is 7.13. The lowest BCUT2D eigenvalue weighted by Gasteiger charge is -2.09. The smallest absolute Gasteiger partial charge is 0.147 e. The normalized spacial score (nSPS) is 10.7. The van der Waals surface area contributed by atoms with E-state index in [2.05, 4.69) is 39.9 Å². The van der Waals surface area contributed by atoms with Crippen LogP contribution in [-0.2, 0) is 0 Å². The van der Waals surface area contributed by atoms with E-state index < -0.39 is 0 Å². The third kappa shape index (κ3) is 4.44. The number of thioether (sulfide) groups is 1. The third-order valence-corrected chi connectivity index (χ3v) is 2.56. The van der Waals surface area contributed by atoms with Crippen LogP contribution in [0.2, 0.25) is 0 Å². The number of hydrogen-bond acceptors (Lipinski definition) is 6. The molecule has 5 nitrogen and oxygen atoms in total. The number of hydrogen-bond donors (Lipinski definition) is 2. The van der Waals surface area contributed by atoms with Gasteiger partial charge in [0.1, 0.15) is 5.03 Å². The molecule has 0 fully saturated rings. The molecule has 0 unspecified atom stereocenters. The zero-order valence-corrected chi connectivity index (χ0v) is 10.1. The Morgan fingerprint density at radius 2 is 2.27 bits per heavy atom. The molecule has 1 heterocycles. The Bertz CT molecular complexity index is 292. The number of nitrogens with zero attached hydrogens (tertiary/aromatic N) is 3. The Kier molecular flexibility index (Phi) is 5.34. The first kappa shape index (κ1) is 12.2. The SMILES string of the molecule is CCNc1cnnnc1SCNC(C)C. The maximum Gasteiger partial charge on any atom is 0.147 e. The fraction of sp³-hybridized carbons (Fsp3) is 0.667. The summed E-state index contributed by atoms with van der Waals surface area (Å²) in [5.74, 6) is 0.828. The Morgan fingerprint density at radius 3 is 2.93 bits per heavy atom. The zero-order chi connectivity index (χ0) is 11.1. The first-order valence-electron chi connectivity index (χ1n) is 5.02. The van der Waals surface area contributed by atoms with E-state index in [4.69, 9.17) is 0 Å². The molecule has 1 aromatic heterocycles. The van der Waals surface area contributed by atoms with Crippen molar-refractivity contribution in [3.63, 3.8) is 0 Å². The van der Waals surface area contributed by atoms with E-state index >= 15 is 0 Å². The molecule has 0 radical (unpaired) electrons. The Hall–Kier alpha value is -0.880. The number of aromatic nitrogens is 3. The summed E-state index contributed by atoms with van der Waals surface area (Å²) in [7, 11) is 0. The summed E-state index contributed by atoms with van der Waals surface area (Å²) in [6.07, 6.45) is 1.70. The van der Waals surface area contributed by atoms with Gasteiger partial charge in [0.15, 0.2) is 0 Å². The number of anilines is 1. The molecular weight excluding hydrogens is 210 g/mol. The molecule has 0 aliphatic carbocycles. The molecule has 15 heavy (non-hydrogen) atoms. The summed E-state index contributed by atoms with van der Waals surface area (Å²) < 4.78 is 0. The Balaban J connectivity index is 2.51. The van der Waals surface area contributed by atoms with Crippen LogP contribution < -0.4 is 10.6 Å². The van der Waals surface area contributed by atoms with Gasteiger partial charge < -0.3 is 10.6 Å². The highest BCUT2D eigenvalue weighted by Gasteiger charge is 2.04. The lowest BCUT2D eigenvalue weighted by molar-refractivity contribution is 0.654. The largest absolute Gasteiger partial charge is 0.382 e. The van der Waals surface area contributed by atoms with Gasteiger partial charge in [-0.3, -0.25) is 0 Å². The Morgan fingerprint density at radius 1 is 1.47 bits per heavy atom. The van der Waals surface area contributed by atoms with E-state index in [1.54, 1.807) is 18.0 Å². The van der Waals surface area contributed by atoms with Gasteiger partial charge in [-0.25, -0.2) is 0 Å². The molecule has 2 N–H and O–H groups in total. The van der Waals surface area contributed by atoms with Crippen molar-refractivity contribution in [1.82, 2.24) is 20.7 Å². The molecule has 84 valence electrons. The highest BCUT2D eigenvalue weighted by molar-refractivity contribution is 7.99. The molecule has 0 atom stereocenters. The second kappa shape index (κ2) is 6.58. The van der Waals surface area contributed by atoms with Crippen molar-refractivity contribution >= 4 is 17.4 Å². The molecule has 0 aliphatic rings. The lowest BCUT2D eigenvalue weighted by Crippen LogP contribution is -2.21. The van der Waals surface area contributed by atoms with Gasteiger partial charge in [-0.1, -0.05) is 25.6 Å². The van der Waals surface area contributed by atoms with Gasteiger partial charge in [0.25, 0.3) is 0 Å². The van der Waals surface area contributed by atoms with Gasteiger partial charge in [-0.2, -0.15) is 0 Å². The van der Waals surface area contributed by atoms with Crippen LogP contribution in [0.4, 0.5) is 5.69 Å². The minimum Gasteiger partial charge on any atom is -0.382 e. The van der Waals surface area contributed by atoms with Gasteiger partial charge in [-0.15, -0.1) is 10.2 Å². The topological polar surface area (TPSA) is 62.7 Å². The first-order valence-corrected chi connectivity index (χ1v) is 6.01. The number of nitrogens with one attached hydrogen (secondary N) is 2. The summed E-state index contributed by atoms with van der Waals surface area (Å²) in [4.78, 5) is 0. The van der Waals surface area contributed by atoms with Gasteiger partial charge in [-0.05, 0) is 12.1 Å². The van der Waals surface area contributed by atoms with E-state index in [0.717, 1.165) is 23.1 Å². The van der Waals surface area contributed by atoms with Crippen molar-refractivity contribution < 1.29 is 0 Å². The van der Waals surface area contributed by atoms with Crippen molar-refractivity contribution in [2.45, 2.75) is 31.8 Å². The van der Waals surface area contributed by atoms with Crippen LogP contribution >= 0.6 is 11.8 Å². The third-order valence-electron chi connectivity index (χ3n) is 1.67. The second-order valence-corrected chi connectivity index (χ2v) is 4.29. The van der Waals surface area contributed by atoms with Crippen molar-refractivity contribution in [3.8, 4) is 0 Å². The summed E-state index contributed by atoms with van der Waals surface area (Å²) in [5, 5.41) is 18.8. The molecule has 0 saturated carbocycles. The molecule has 1 aromatic rings. The van der Waals surface area contributed by atoms with Gasteiger partial charge >= 0.3 is 0 Å². The lowest BCUT2D eigenvalue weighted by atomic mass is 10.4. The first-order chi connectivity index (χ1) is 7.24. The van der Waals surface area contributed by atoms with Crippen molar-refractivity contribution in [3.05, 3.63) is 6.20 Å². The van der Waals surface area contributed by atoms with Crippen LogP contribution in [0.5, 0.6) is 0 Å². The minimum absolute atomic E-state index is 0.481. The number of rotatable bonds is 6. The van der Waals surface area contributed by atoms with Crippen molar-refractivity contribution in [1.29, 1.82) is 0 Å². The van der Waals surface area contributed by atoms with Gasteiger partial charge in [0, 0.05) is 18.5 Å². The van der Waals surface area contributed by atoms with E-state index in [0.29, 0.717) is 6.04 Å². The maximum absolute atomic E-state index is 3.99. The summed E-state index contributed by atoms with van der Waals surface area (Å²) in [5.41, 5.74) is 0.947. The highest BCUT2D eigenvalue weighted by atomic mass is 32.2. The molecule has 0 bridgehead atoms. The predicted octanol–water partition coefficient (Wildman–Crippen LogP) is 1.35. The van der Waals surface area contributed by atoms with Crippen molar-refractivity contribution in [2.75, 3.05) is 17.7 Å². The van der Waals surface area contributed by atoms with Crippen LogP contribution in [0.25, 0.3) is 0 Å². The van der Waals surface area contributed by atoms with Crippen LogP contribution in [0.3, 0.4) is 0 Å². The van der Waals surface area contributed by atoms with Crippen molar-refractivity contribution in [2.24, 2.45) is 0 Å². The standard InChI is InChI=1S/C9H17N5S/c1-4-10-8-5-12-14-13-9(8)15-6-11-7(2)3/h5,7,11H,4,6H2,1-3H3,(H,10,14). The quantitative estimate of drug-likeness (QED) is 0.565. The fourth-order valence-corrected chi connectivity index (χ4v) is 1.88. The van der Waals surface area contributed by atoms with E-state index in [9.17, 15) is 0 Å². The fourth-order valence-electron chi connectivity index (χ4n) is 0.954. The molecule has 1 rings (SSSR count).